The Bertz CT molecular complexity index is 548. The third-order valence-electron chi connectivity index (χ3n) is 2.95. The first-order valence-corrected chi connectivity index (χ1v) is 7.05. The summed E-state index contributed by atoms with van der Waals surface area (Å²) < 4.78 is 7.32. The summed E-state index contributed by atoms with van der Waals surface area (Å²) in [5.41, 5.74) is 1.38. The average Bonchev–Trinajstić information content (AvgIpc) is 2.95. The van der Waals surface area contributed by atoms with Crippen molar-refractivity contribution in [3.63, 3.8) is 0 Å². The normalized spacial score (nSPS) is 12.3. The lowest BCUT2D eigenvalue weighted by molar-refractivity contribution is 0.364. The first-order valence-electron chi connectivity index (χ1n) is 7.05. The molecule has 0 aliphatic carbocycles. The lowest BCUT2D eigenvalue weighted by Crippen LogP contribution is -2.34. The molecule has 2 heterocycles. The second-order valence-electron chi connectivity index (χ2n) is 6.50. The van der Waals surface area contributed by atoms with Crippen LogP contribution in [0.4, 0.5) is 0 Å². The van der Waals surface area contributed by atoms with Crippen LogP contribution in [0, 0.1) is 0 Å². The van der Waals surface area contributed by atoms with E-state index in [9.17, 15) is 0 Å². The Morgan fingerprint density at radius 2 is 2.10 bits per heavy atom. The van der Waals surface area contributed by atoms with E-state index >= 15 is 0 Å². The fourth-order valence-electron chi connectivity index (χ4n) is 1.78. The van der Waals surface area contributed by atoms with Gasteiger partial charge in [0.05, 0.1) is 0 Å². The maximum Gasteiger partial charge on any atom is 0.246 e. The van der Waals surface area contributed by atoms with E-state index in [0.717, 1.165) is 12.4 Å². The zero-order valence-corrected chi connectivity index (χ0v) is 13.0. The zero-order valence-electron chi connectivity index (χ0n) is 13.0. The molecule has 0 saturated heterocycles. The van der Waals surface area contributed by atoms with Crippen molar-refractivity contribution in [3.8, 4) is 0 Å². The fourth-order valence-corrected chi connectivity index (χ4v) is 1.78. The van der Waals surface area contributed by atoms with Gasteiger partial charge in [-0.2, -0.15) is 4.98 Å². The Labute approximate surface area is 120 Å². The molecular weight excluding hydrogens is 252 g/mol. The second kappa shape index (κ2) is 5.79. The summed E-state index contributed by atoms with van der Waals surface area (Å²) in [6.07, 6.45) is 4.15. The first kappa shape index (κ1) is 14.8. The van der Waals surface area contributed by atoms with E-state index in [0.29, 0.717) is 18.4 Å². The minimum Gasteiger partial charge on any atom is -0.345 e. The minimum atomic E-state index is 0.126. The highest BCUT2D eigenvalue weighted by Crippen LogP contribution is 2.11. The van der Waals surface area contributed by atoms with Gasteiger partial charge in [0.2, 0.25) is 5.89 Å². The molecule has 0 aliphatic heterocycles. The molecule has 0 saturated carbocycles. The standard InChI is InChI=1S/C15H24N4O/c1-11(2)14-17-13(20-18-14)10-19-7-6-12(9-19)8-16-15(3,4)5/h6-7,9,11,16H,8,10H2,1-5H3. The van der Waals surface area contributed by atoms with E-state index in [-0.39, 0.29) is 5.54 Å². The van der Waals surface area contributed by atoms with Crippen molar-refractivity contribution in [1.82, 2.24) is 20.0 Å². The average molecular weight is 276 g/mol. The van der Waals surface area contributed by atoms with Gasteiger partial charge in [-0.1, -0.05) is 19.0 Å². The Morgan fingerprint density at radius 3 is 2.70 bits per heavy atom. The van der Waals surface area contributed by atoms with Crippen molar-refractivity contribution in [3.05, 3.63) is 35.7 Å². The van der Waals surface area contributed by atoms with Gasteiger partial charge < -0.3 is 14.4 Å². The summed E-state index contributed by atoms with van der Waals surface area (Å²) in [5, 5.41) is 7.45. The molecule has 20 heavy (non-hydrogen) atoms. The molecule has 0 amide bonds. The fraction of sp³-hybridized carbons (Fsp3) is 0.600. The number of nitrogens with zero attached hydrogens (tertiary/aromatic N) is 3. The topological polar surface area (TPSA) is 55.9 Å². The van der Waals surface area contributed by atoms with Crippen molar-refractivity contribution in [1.29, 1.82) is 0 Å². The molecule has 0 unspecified atom stereocenters. The van der Waals surface area contributed by atoms with Crippen LogP contribution < -0.4 is 5.32 Å². The molecule has 5 nitrogen and oxygen atoms in total. The molecule has 0 spiro atoms. The van der Waals surface area contributed by atoms with Crippen LogP contribution in [0.5, 0.6) is 0 Å². The van der Waals surface area contributed by atoms with Crippen LogP contribution in [0.3, 0.4) is 0 Å². The predicted octanol–water partition coefficient (Wildman–Crippen LogP) is 2.93. The molecule has 0 fully saturated rings. The third kappa shape index (κ3) is 4.20. The molecule has 110 valence electrons. The molecule has 2 rings (SSSR count). The zero-order chi connectivity index (χ0) is 14.8. The van der Waals surface area contributed by atoms with E-state index in [4.69, 9.17) is 4.52 Å². The van der Waals surface area contributed by atoms with Gasteiger partial charge in [0.25, 0.3) is 0 Å². The Morgan fingerprint density at radius 1 is 1.35 bits per heavy atom. The van der Waals surface area contributed by atoms with Crippen LogP contribution in [0.2, 0.25) is 0 Å². The molecular formula is C15H24N4O. The van der Waals surface area contributed by atoms with Crippen molar-refractivity contribution in [2.75, 3.05) is 0 Å². The summed E-state index contributed by atoms with van der Waals surface area (Å²) in [7, 11) is 0. The van der Waals surface area contributed by atoms with E-state index in [1.807, 2.05) is 6.20 Å². The van der Waals surface area contributed by atoms with Crippen LogP contribution >= 0.6 is 0 Å². The SMILES string of the molecule is CC(C)c1noc(Cn2ccc(CNC(C)(C)C)c2)n1. The minimum absolute atomic E-state index is 0.126. The van der Waals surface area contributed by atoms with Gasteiger partial charge in [-0.25, -0.2) is 0 Å². The van der Waals surface area contributed by atoms with Gasteiger partial charge in [-0.05, 0) is 32.4 Å². The summed E-state index contributed by atoms with van der Waals surface area (Å²) in [5.74, 6) is 1.71. The summed E-state index contributed by atoms with van der Waals surface area (Å²) >= 11 is 0. The summed E-state index contributed by atoms with van der Waals surface area (Å²) in [4.78, 5) is 4.39. The number of hydrogen-bond acceptors (Lipinski definition) is 4. The van der Waals surface area contributed by atoms with Crippen LogP contribution in [0.25, 0.3) is 0 Å². The molecule has 2 aromatic rings. The molecule has 2 aromatic heterocycles. The molecule has 0 aliphatic rings. The molecule has 5 heteroatoms. The lowest BCUT2D eigenvalue weighted by Gasteiger charge is -2.19. The third-order valence-corrected chi connectivity index (χ3v) is 2.95. The van der Waals surface area contributed by atoms with Crippen LogP contribution in [0.15, 0.2) is 23.0 Å². The van der Waals surface area contributed by atoms with Crippen molar-refractivity contribution < 1.29 is 4.52 Å². The maximum absolute atomic E-state index is 5.26. The van der Waals surface area contributed by atoms with Crippen molar-refractivity contribution in [2.24, 2.45) is 0 Å². The second-order valence-corrected chi connectivity index (χ2v) is 6.50. The van der Waals surface area contributed by atoms with Gasteiger partial charge in [-0.3, -0.25) is 0 Å². The highest BCUT2D eigenvalue weighted by molar-refractivity contribution is 5.11. The van der Waals surface area contributed by atoms with Gasteiger partial charge >= 0.3 is 0 Å². The van der Waals surface area contributed by atoms with Gasteiger partial charge in [0, 0.05) is 30.4 Å². The Kier molecular flexibility index (Phi) is 4.28. The number of hydrogen-bond donors (Lipinski definition) is 1. The highest BCUT2D eigenvalue weighted by Gasteiger charge is 2.11. The number of nitrogens with one attached hydrogen (secondary N) is 1. The number of rotatable bonds is 5. The van der Waals surface area contributed by atoms with Crippen LogP contribution in [0.1, 0.15) is 57.8 Å². The van der Waals surface area contributed by atoms with Crippen molar-refractivity contribution in [2.45, 2.75) is 59.2 Å². The molecule has 0 aromatic carbocycles. The monoisotopic (exact) mass is 276 g/mol. The van der Waals surface area contributed by atoms with Gasteiger partial charge in [-0.15, -0.1) is 0 Å². The Balaban J connectivity index is 1.95. The number of aromatic nitrogens is 3. The van der Waals surface area contributed by atoms with Crippen LogP contribution in [-0.4, -0.2) is 20.2 Å². The van der Waals surface area contributed by atoms with E-state index in [1.54, 1.807) is 0 Å². The summed E-state index contributed by atoms with van der Waals surface area (Å²) in [6, 6.07) is 2.11. The predicted molar refractivity (Wildman–Crippen MR) is 78.5 cm³/mol. The molecule has 1 N–H and O–H groups in total. The maximum atomic E-state index is 5.26. The van der Waals surface area contributed by atoms with Crippen LogP contribution in [-0.2, 0) is 13.1 Å². The lowest BCUT2D eigenvalue weighted by atomic mass is 10.1. The van der Waals surface area contributed by atoms with E-state index < -0.39 is 0 Å². The molecule has 0 radical (unpaired) electrons. The van der Waals surface area contributed by atoms with Crippen molar-refractivity contribution >= 4 is 0 Å². The van der Waals surface area contributed by atoms with E-state index in [2.05, 4.69) is 66.9 Å². The first-order chi connectivity index (χ1) is 9.33. The summed E-state index contributed by atoms with van der Waals surface area (Å²) in [6.45, 7) is 12.1. The van der Waals surface area contributed by atoms with Gasteiger partial charge in [0.1, 0.15) is 6.54 Å². The molecule has 0 atom stereocenters. The Hall–Kier alpha value is -1.62. The highest BCUT2D eigenvalue weighted by atomic mass is 16.5. The quantitative estimate of drug-likeness (QED) is 0.912. The largest absolute Gasteiger partial charge is 0.345 e. The smallest absolute Gasteiger partial charge is 0.246 e. The molecule has 0 bridgehead atoms. The van der Waals surface area contributed by atoms with E-state index in [1.165, 1.54) is 5.56 Å². The van der Waals surface area contributed by atoms with Gasteiger partial charge in [0.15, 0.2) is 5.82 Å².